The van der Waals surface area contributed by atoms with Crippen molar-refractivity contribution in [2.75, 3.05) is 31.7 Å². The van der Waals surface area contributed by atoms with Crippen LogP contribution < -0.4 is 4.72 Å². The number of aryl methyl sites for hydroxylation is 3. The number of anilines is 1. The summed E-state index contributed by atoms with van der Waals surface area (Å²) in [6.07, 6.45) is 5.39. The zero-order chi connectivity index (χ0) is 58.3. The fourth-order valence-electron chi connectivity index (χ4n) is 10.6. The number of sulfonamides is 1. The fraction of sp³-hybridized carbons (Fsp3) is 0.446. The highest BCUT2D eigenvalue weighted by Gasteiger charge is 2.46. The maximum Gasteiger partial charge on any atom is 0.417 e. The van der Waals surface area contributed by atoms with Crippen LogP contribution in [-0.2, 0) is 45.1 Å². The Bertz CT molecular complexity index is 2980. The average Bonchev–Trinajstić information content (AvgIpc) is 3.91. The van der Waals surface area contributed by atoms with Gasteiger partial charge in [-0.3, -0.25) is 19.1 Å². The smallest absolute Gasteiger partial charge is 0.417 e. The predicted octanol–water partition coefficient (Wildman–Crippen LogP) is 14.3. The number of carbonyl (C=O) groups is 4. The number of hydrogen-bond donors (Lipinski definition) is 2. The van der Waals surface area contributed by atoms with Crippen molar-refractivity contribution in [2.24, 2.45) is 10.8 Å². The summed E-state index contributed by atoms with van der Waals surface area (Å²) in [5, 5.41) is 12.6. The molecule has 0 aromatic heterocycles. The minimum Gasteiger partial charge on any atom is -0.512 e. The van der Waals surface area contributed by atoms with Gasteiger partial charge in [0, 0.05) is 37.9 Å². The number of esters is 1. The third-order valence-electron chi connectivity index (χ3n) is 14.7. The van der Waals surface area contributed by atoms with Gasteiger partial charge < -0.3 is 14.6 Å². The van der Waals surface area contributed by atoms with Crippen molar-refractivity contribution < 1.29 is 47.0 Å². The van der Waals surface area contributed by atoms with Crippen LogP contribution in [-0.4, -0.2) is 80.0 Å². The summed E-state index contributed by atoms with van der Waals surface area (Å²) in [7, 11) is -0.306. The van der Waals surface area contributed by atoms with E-state index >= 15 is 0 Å². The molecule has 2 aliphatic heterocycles. The average molecular weight is 1100 g/mol. The number of imide groups is 1. The van der Waals surface area contributed by atoms with E-state index in [0.717, 1.165) is 53.3 Å². The molecule has 5 atom stereocenters. The van der Waals surface area contributed by atoms with Gasteiger partial charge in [0.05, 0.1) is 18.9 Å². The maximum absolute atomic E-state index is 13.5. The zero-order valence-corrected chi connectivity index (χ0v) is 49.6. The molecule has 79 heavy (non-hydrogen) atoms. The number of nitrogens with zero attached hydrogens (tertiary/aromatic N) is 2. The van der Waals surface area contributed by atoms with Crippen molar-refractivity contribution in [3.05, 3.63) is 184 Å². The van der Waals surface area contributed by atoms with Gasteiger partial charge >= 0.3 is 12.1 Å². The third kappa shape index (κ3) is 18.1. The molecule has 0 radical (unpaired) electrons. The standard InChI is InChI=1S/C28H37NO5S.C23H27NO3.C14H21NO2/c1-6-16-28(17-15-20-11-8-7-9-12-20)19-23(30)24(26(31)34-28)25(27(2,3)4)21-13-10-14-22(18-21)29-35(5,32)33;1-16-9-8-12-18(13-16)19(23(2,3)4)14-21(25)24-20(15-27-22(24)26)17-10-6-5-7-11-17;1-5-12(10-14(16)15(3)17-4)13-8-6-7-11(2)9-13/h7-14,18,25,29-30H,6,15-17,19H2,1-5H3;5-13,19-20H,14-15H2,1-4H3;6-9,12H,5,10H2,1-4H3/t25-,28-;19-,20+;/m10./s1. The maximum atomic E-state index is 13.5. The molecule has 2 N–H and O–H groups in total. The molecule has 14 heteroatoms. The molecule has 1 fully saturated rings. The second kappa shape index (κ2) is 27.9. The van der Waals surface area contributed by atoms with E-state index in [1.165, 1.54) is 28.2 Å². The van der Waals surface area contributed by atoms with Crippen molar-refractivity contribution in [3.63, 3.8) is 0 Å². The molecule has 0 saturated carbocycles. The highest BCUT2D eigenvalue weighted by atomic mass is 32.2. The highest BCUT2D eigenvalue weighted by Crippen LogP contribution is 2.48. The summed E-state index contributed by atoms with van der Waals surface area (Å²) in [4.78, 5) is 57.0. The summed E-state index contributed by atoms with van der Waals surface area (Å²) >= 11 is 0. The van der Waals surface area contributed by atoms with Gasteiger partial charge in [0.25, 0.3) is 0 Å². The lowest BCUT2D eigenvalue weighted by Gasteiger charge is -2.41. The van der Waals surface area contributed by atoms with E-state index in [0.29, 0.717) is 24.9 Å². The summed E-state index contributed by atoms with van der Waals surface area (Å²) < 4.78 is 37.4. The molecule has 0 aliphatic carbocycles. The van der Waals surface area contributed by atoms with Gasteiger partial charge in [-0.2, -0.15) is 0 Å². The monoisotopic (exact) mass is 1100 g/mol. The Morgan fingerprint density at radius 1 is 0.785 bits per heavy atom. The van der Waals surface area contributed by atoms with Gasteiger partial charge in [-0.1, -0.05) is 194 Å². The number of cyclic esters (lactones) is 2. The van der Waals surface area contributed by atoms with E-state index in [-0.39, 0.29) is 65.9 Å². The first-order valence-electron chi connectivity index (χ1n) is 27.4. The number of aliphatic hydroxyl groups excluding tert-OH is 1. The topological polar surface area (TPSA) is 169 Å². The summed E-state index contributed by atoms with van der Waals surface area (Å²) in [5.41, 5.74) is 6.91. The molecular formula is C65H85N3O10S. The lowest BCUT2D eigenvalue weighted by Crippen LogP contribution is -2.43. The zero-order valence-electron chi connectivity index (χ0n) is 48.8. The third-order valence-corrected chi connectivity index (χ3v) is 15.3. The van der Waals surface area contributed by atoms with Crippen LogP contribution in [0.3, 0.4) is 0 Å². The Morgan fingerprint density at radius 3 is 1.91 bits per heavy atom. The molecule has 7 rings (SSSR count). The van der Waals surface area contributed by atoms with Crippen LogP contribution in [0.5, 0.6) is 0 Å². The fourth-order valence-corrected chi connectivity index (χ4v) is 11.2. The summed E-state index contributed by atoms with van der Waals surface area (Å²) in [5.74, 6) is -0.825. The number of hydrogen-bond acceptors (Lipinski definition) is 10. The van der Waals surface area contributed by atoms with Crippen molar-refractivity contribution in [1.29, 1.82) is 0 Å². The van der Waals surface area contributed by atoms with Crippen molar-refractivity contribution in [2.45, 2.75) is 150 Å². The van der Waals surface area contributed by atoms with Crippen LogP contribution in [0.1, 0.15) is 163 Å². The van der Waals surface area contributed by atoms with Crippen LogP contribution in [0.4, 0.5) is 10.5 Å². The van der Waals surface area contributed by atoms with Gasteiger partial charge in [0.15, 0.2) is 0 Å². The van der Waals surface area contributed by atoms with Crippen LogP contribution in [0, 0.1) is 24.7 Å². The number of benzene rings is 5. The second-order valence-corrected chi connectivity index (χ2v) is 25.0. The molecule has 2 heterocycles. The summed E-state index contributed by atoms with van der Waals surface area (Å²) in [6, 6.07) is 42.9. The van der Waals surface area contributed by atoms with Gasteiger partial charge in [0.1, 0.15) is 24.0 Å². The van der Waals surface area contributed by atoms with E-state index in [1.807, 2.05) is 107 Å². The van der Waals surface area contributed by atoms with Gasteiger partial charge in [0.2, 0.25) is 21.8 Å². The van der Waals surface area contributed by atoms with E-state index in [4.69, 9.17) is 14.3 Å². The Hall–Kier alpha value is -6.77. The number of amides is 3. The van der Waals surface area contributed by atoms with Gasteiger partial charge in [-0.15, -0.1) is 0 Å². The number of nitrogens with one attached hydrogen (secondary N) is 1. The lowest BCUT2D eigenvalue weighted by molar-refractivity contribution is -0.169. The molecule has 426 valence electrons. The van der Waals surface area contributed by atoms with Gasteiger partial charge in [-0.25, -0.2) is 28.0 Å². The van der Waals surface area contributed by atoms with Crippen molar-refractivity contribution >= 4 is 39.6 Å². The molecule has 1 saturated heterocycles. The van der Waals surface area contributed by atoms with Crippen LogP contribution in [0.25, 0.3) is 0 Å². The number of hydroxylamine groups is 2. The molecule has 3 amide bonds. The Morgan fingerprint density at radius 2 is 1.37 bits per heavy atom. The molecule has 5 aromatic carbocycles. The second-order valence-electron chi connectivity index (χ2n) is 23.2. The molecule has 0 spiro atoms. The van der Waals surface area contributed by atoms with Crippen LogP contribution in [0.2, 0.25) is 0 Å². The molecule has 13 nitrogen and oxygen atoms in total. The van der Waals surface area contributed by atoms with E-state index < -0.39 is 39.0 Å². The van der Waals surface area contributed by atoms with Crippen LogP contribution in [0.15, 0.2) is 145 Å². The first-order valence-corrected chi connectivity index (χ1v) is 29.3. The minimum atomic E-state index is -3.46. The minimum absolute atomic E-state index is 0.00900. The Balaban J connectivity index is 0.000000231. The van der Waals surface area contributed by atoms with E-state index in [1.54, 1.807) is 25.2 Å². The molecule has 5 aromatic rings. The Labute approximate surface area is 470 Å². The van der Waals surface area contributed by atoms with Crippen molar-refractivity contribution in [1.82, 2.24) is 9.96 Å². The first-order chi connectivity index (χ1) is 37.2. The molecular weight excluding hydrogens is 1010 g/mol. The molecule has 1 unspecified atom stereocenters. The number of carbonyl (C=O) groups excluding carboxylic acids is 4. The normalized spacial score (nSPS) is 17.7. The molecule has 2 aliphatic rings. The van der Waals surface area contributed by atoms with Crippen LogP contribution >= 0.6 is 0 Å². The molecule has 0 bridgehead atoms. The van der Waals surface area contributed by atoms with E-state index in [9.17, 15) is 32.7 Å². The number of aliphatic hydroxyl groups is 1. The number of ether oxygens (including phenoxy) is 2. The quantitative estimate of drug-likeness (QED) is 0.0636. The lowest BCUT2D eigenvalue weighted by atomic mass is 9.70. The largest absolute Gasteiger partial charge is 0.512 e. The Kier molecular flexibility index (Phi) is 22.3. The highest BCUT2D eigenvalue weighted by molar-refractivity contribution is 7.92. The van der Waals surface area contributed by atoms with Crippen molar-refractivity contribution in [3.8, 4) is 0 Å². The summed E-state index contributed by atoms with van der Waals surface area (Å²) in [6.45, 7) is 20.8. The number of rotatable bonds is 18. The predicted molar refractivity (Wildman–Crippen MR) is 314 cm³/mol. The first kappa shape index (κ1) is 63.1. The SMILES string of the molecule is CCC(CC(=O)N(C)OC)c1cccc(C)c1.CCC[C@@]1(CCc2ccccc2)CC(O)=C([C@@H](c2cccc(NS(C)(=O)=O)c2)C(C)(C)C)C(=O)O1.Cc1cccc([C@H](CC(=O)N2C(=O)OC[C@@H]2c2ccccc2)C(C)(C)C)c1. The van der Waals surface area contributed by atoms with Gasteiger partial charge in [-0.05, 0) is 102 Å². The van der Waals surface area contributed by atoms with E-state index in [2.05, 4.69) is 81.8 Å².